The van der Waals surface area contributed by atoms with Crippen molar-refractivity contribution in [2.24, 2.45) is 11.7 Å². The van der Waals surface area contributed by atoms with Crippen LogP contribution in [0.2, 0.25) is 0 Å². The highest BCUT2D eigenvalue weighted by atomic mass is 16.1. The van der Waals surface area contributed by atoms with Crippen molar-refractivity contribution in [2.45, 2.75) is 76.8 Å². The van der Waals surface area contributed by atoms with Gasteiger partial charge in [0.2, 0.25) is 5.91 Å². The molecule has 3 N–H and O–H groups in total. The second-order valence-corrected chi connectivity index (χ2v) is 7.12. The van der Waals surface area contributed by atoms with Crippen LogP contribution in [0, 0.1) is 5.92 Å². The topological polar surface area (TPSA) is 58.4 Å². The van der Waals surface area contributed by atoms with E-state index in [2.05, 4.69) is 10.2 Å². The summed E-state index contributed by atoms with van der Waals surface area (Å²) in [5.41, 5.74) is 5.02. The summed E-state index contributed by atoms with van der Waals surface area (Å²) >= 11 is 0. The van der Waals surface area contributed by atoms with Gasteiger partial charge in [-0.3, -0.25) is 4.79 Å². The molecule has 2 aliphatic rings. The average Bonchev–Trinajstić information content (AvgIpc) is 2.47. The predicted molar refractivity (Wildman–Crippen MR) is 87.1 cm³/mol. The molecule has 0 aromatic rings. The van der Waals surface area contributed by atoms with Crippen LogP contribution in [0.5, 0.6) is 0 Å². The van der Waals surface area contributed by atoms with Crippen LogP contribution in [-0.4, -0.2) is 42.0 Å². The summed E-state index contributed by atoms with van der Waals surface area (Å²) in [7, 11) is 0. The number of carbonyl (C=O) groups excluding carboxylic acids is 1. The maximum absolute atomic E-state index is 11.7. The van der Waals surface area contributed by atoms with E-state index in [1.165, 1.54) is 45.1 Å². The molecule has 0 bridgehead atoms. The van der Waals surface area contributed by atoms with Crippen LogP contribution in [0.1, 0.15) is 65.2 Å². The molecule has 4 heteroatoms. The van der Waals surface area contributed by atoms with Crippen molar-refractivity contribution in [2.75, 3.05) is 19.6 Å². The quantitative estimate of drug-likeness (QED) is 0.757. The van der Waals surface area contributed by atoms with Gasteiger partial charge >= 0.3 is 0 Å². The minimum atomic E-state index is -0.545. The number of hydrogen-bond donors (Lipinski definition) is 2. The molecule has 0 radical (unpaired) electrons. The summed E-state index contributed by atoms with van der Waals surface area (Å²) in [4.78, 5) is 14.4. The van der Waals surface area contributed by atoms with E-state index in [-0.39, 0.29) is 5.91 Å². The van der Waals surface area contributed by atoms with E-state index < -0.39 is 5.54 Å². The van der Waals surface area contributed by atoms with Crippen LogP contribution in [0.15, 0.2) is 0 Å². The van der Waals surface area contributed by atoms with E-state index in [0.29, 0.717) is 0 Å². The fourth-order valence-corrected chi connectivity index (χ4v) is 4.33. The number of nitrogens with one attached hydrogen (secondary N) is 1. The largest absolute Gasteiger partial charge is 0.368 e. The Bertz CT molecular complexity index is 345. The van der Waals surface area contributed by atoms with Gasteiger partial charge in [-0.1, -0.05) is 19.8 Å². The number of primary amides is 1. The zero-order valence-corrected chi connectivity index (χ0v) is 13.9. The Kier molecular flexibility index (Phi) is 6.06. The van der Waals surface area contributed by atoms with E-state index in [1.807, 2.05) is 13.8 Å². The molecule has 1 amide bonds. The third kappa shape index (κ3) is 4.19. The van der Waals surface area contributed by atoms with Crippen molar-refractivity contribution in [3.05, 3.63) is 0 Å². The summed E-state index contributed by atoms with van der Waals surface area (Å²) in [5.74, 6) is 0.710. The van der Waals surface area contributed by atoms with Gasteiger partial charge in [0.25, 0.3) is 0 Å². The normalized spacial score (nSPS) is 29.6. The second kappa shape index (κ2) is 7.59. The highest BCUT2D eigenvalue weighted by Crippen LogP contribution is 2.35. The van der Waals surface area contributed by atoms with Gasteiger partial charge in [-0.05, 0) is 71.0 Å². The number of rotatable bonds is 7. The Balaban J connectivity index is 1.82. The van der Waals surface area contributed by atoms with E-state index in [4.69, 9.17) is 5.73 Å². The van der Waals surface area contributed by atoms with Crippen molar-refractivity contribution in [1.82, 2.24) is 10.2 Å². The lowest BCUT2D eigenvalue weighted by Gasteiger charge is -2.44. The summed E-state index contributed by atoms with van der Waals surface area (Å²) in [5, 5.41) is 3.26. The van der Waals surface area contributed by atoms with E-state index >= 15 is 0 Å². The Morgan fingerprint density at radius 2 is 2.00 bits per heavy atom. The number of fused-ring (bicyclic) bond motifs is 1. The van der Waals surface area contributed by atoms with Gasteiger partial charge in [-0.15, -0.1) is 0 Å². The monoisotopic (exact) mass is 295 g/mol. The lowest BCUT2D eigenvalue weighted by molar-refractivity contribution is -0.124. The standard InChI is InChI=1S/C17H33N3O/c1-3-19-17(2,16(18)21)11-7-13-20-12-6-9-14-8-4-5-10-15(14)20/h14-15,19H,3-13H2,1-2H3,(H2,18,21)/t14-,15-,17?/m1/s1. The Labute approximate surface area is 129 Å². The number of nitrogens with two attached hydrogens (primary N) is 1. The van der Waals surface area contributed by atoms with Crippen LogP contribution in [0.3, 0.4) is 0 Å². The molecule has 2 rings (SSSR count). The lowest BCUT2D eigenvalue weighted by atomic mass is 9.78. The van der Waals surface area contributed by atoms with Gasteiger partial charge in [0.1, 0.15) is 0 Å². The van der Waals surface area contributed by atoms with Gasteiger partial charge in [0.05, 0.1) is 5.54 Å². The number of carbonyl (C=O) groups is 1. The number of hydrogen-bond acceptors (Lipinski definition) is 3. The Morgan fingerprint density at radius 1 is 1.29 bits per heavy atom. The molecule has 3 atom stereocenters. The third-order valence-electron chi connectivity index (χ3n) is 5.59. The number of amides is 1. The Hall–Kier alpha value is -0.610. The maximum atomic E-state index is 11.7. The highest BCUT2D eigenvalue weighted by molar-refractivity contribution is 5.84. The molecule has 1 saturated carbocycles. The molecule has 0 aromatic carbocycles. The summed E-state index contributed by atoms with van der Waals surface area (Å²) in [6, 6.07) is 0.812. The maximum Gasteiger partial charge on any atom is 0.237 e. The molecule has 21 heavy (non-hydrogen) atoms. The lowest BCUT2D eigenvalue weighted by Crippen LogP contribution is -2.53. The molecule has 1 aliphatic carbocycles. The van der Waals surface area contributed by atoms with Crippen LogP contribution in [0.4, 0.5) is 0 Å². The van der Waals surface area contributed by atoms with Crippen LogP contribution in [0.25, 0.3) is 0 Å². The zero-order chi connectivity index (χ0) is 15.3. The molecule has 122 valence electrons. The first-order valence-corrected chi connectivity index (χ1v) is 8.86. The van der Waals surface area contributed by atoms with Crippen LogP contribution in [-0.2, 0) is 4.79 Å². The highest BCUT2D eigenvalue weighted by Gasteiger charge is 2.34. The van der Waals surface area contributed by atoms with E-state index in [0.717, 1.165) is 37.9 Å². The summed E-state index contributed by atoms with van der Waals surface area (Å²) in [6.45, 7) is 7.12. The molecule has 0 spiro atoms. The van der Waals surface area contributed by atoms with Gasteiger partial charge in [-0.2, -0.15) is 0 Å². The van der Waals surface area contributed by atoms with Gasteiger partial charge in [0, 0.05) is 6.04 Å². The van der Waals surface area contributed by atoms with Crippen molar-refractivity contribution in [3.8, 4) is 0 Å². The molecule has 0 aromatic heterocycles. The van der Waals surface area contributed by atoms with Gasteiger partial charge in [-0.25, -0.2) is 0 Å². The van der Waals surface area contributed by atoms with Gasteiger partial charge in [0.15, 0.2) is 0 Å². The smallest absolute Gasteiger partial charge is 0.237 e. The first-order valence-electron chi connectivity index (χ1n) is 8.86. The molecule has 1 heterocycles. The Morgan fingerprint density at radius 3 is 2.71 bits per heavy atom. The van der Waals surface area contributed by atoms with E-state index in [1.54, 1.807) is 0 Å². The predicted octanol–water partition coefficient (Wildman–Crippen LogP) is 2.27. The minimum absolute atomic E-state index is 0.224. The average molecular weight is 295 g/mol. The zero-order valence-electron chi connectivity index (χ0n) is 13.9. The molecule has 1 saturated heterocycles. The number of piperidine rings is 1. The van der Waals surface area contributed by atoms with E-state index in [9.17, 15) is 4.79 Å². The summed E-state index contributed by atoms with van der Waals surface area (Å²) in [6.07, 6.45) is 10.3. The van der Waals surface area contributed by atoms with Crippen molar-refractivity contribution in [3.63, 3.8) is 0 Å². The molecular weight excluding hydrogens is 262 g/mol. The van der Waals surface area contributed by atoms with Crippen molar-refractivity contribution in [1.29, 1.82) is 0 Å². The van der Waals surface area contributed by atoms with Crippen LogP contribution >= 0.6 is 0 Å². The number of nitrogens with zero attached hydrogens (tertiary/aromatic N) is 1. The molecular formula is C17H33N3O. The fraction of sp³-hybridized carbons (Fsp3) is 0.941. The molecule has 4 nitrogen and oxygen atoms in total. The fourth-order valence-electron chi connectivity index (χ4n) is 4.33. The molecule has 1 unspecified atom stereocenters. The van der Waals surface area contributed by atoms with Crippen molar-refractivity contribution < 1.29 is 4.79 Å². The minimum Gasteiger partial charge on any atom is -0.368 e. The van der Waals surface area contributed by atoms with Crippen molar-refractivity contribution >= 4 is 5.91 Å². The first-order chi connectivity index (χ1) is 10.1. The number of likely N-dealkylation sites (tertiary alicyclic amines) is 1. The summed E-state index contributed by atoms with van der Waals surface area (Å²) < 4.78 is 0. The SMILES string of the molecule is CCNC(C)(CCCN1CCC[C@H]2CCCC[C@H]21)C(N)=O. The third-order valence-corrected chi connectivity index (χ3v) is 5.59. The molecule has 2 fully saturated rings. The number of likely N-dealkylation sites (N-methyl/N-ethyl adjacent to an activating group) is 1. The second-order valence-electron chi connectivity index (χ2n) is 7.12. The first kappa shape index (κ1) is 16.8. The van der Waals surface area contributed by atoms with Gasteiger partial charge < -0.3 is 16.0 Å². The molecule has 1 aliphatic heterocycles. The van der Waals surface area contributed by atoms with Crippen LogP contribution < -0.4 is 11.1 Å².